The largest absolute Gasteiger partial charge is 0.496 e. The summed E-state index contributed by atoms with van der Waals surface area (Å²) < 4.78 is 24.5. The fourth-order valence-corrected chi connectivity index (χ4v) is 4.61. The van der Waals surface area contributed by atoms with Crippen LogP contribution < -0.4 is 25.4 Å². The first kappa shape index (κ1) is 24.5. The van der Waals surface area contributed by atoms with Crippen LogP contribution in [0.4, 0.5) is 4.39 Å². The first-order chi connectivity index (χ1) is 16.9. The number of amides is 2. The van der Waals surface area contributed by atoms with Gasteiger partial charge >= 0.3 is 0 Å². The molecule has 1 aliphatic heterocycles. The number of rotatable bonds is 8. The van der Waals surface area contributed by atoms with Crippen molar-refractivity contribution in [2.75, 3.05) is 33.9 Å². The molecule has 4 rings (SSSR count). The van der Waals surface area contributed by atoms with Gasteiger partial charge in [-0.05, 0) is 75.2 Å². The van der Waals surface area contributed by atoms with Crippen LogP contribution in [-0.4, -0.2) is 56.2 Å². The summed E-state index contributed by atoms with van der Waals surface area (Å²) in [6.45, 7) is 3.43. The average Bonchev–Trinajstić information content (AvgIpc) is 3.26. The van der Waals surface area contributed by atoms with E-state index in [1.54, 1.807) is 18.2 Å². The number of methoxy groups -OCH3 is 2. The monoisotopic (exact) mass is 482 g/mol. The lowest BCUT2D eigenvalue weighted by Gasteiger charge is -2.37. The number of carbonyl (C=O) groups excluding carboxylic acids is 2. The van der Waals surface area contributed by atoms with E-state index >= 15 is 0 Å². The first-order valence-electron chi connectivity index (χ1n) is 11.7. The Morgan fingerprint density at radius 2 is 1.77 bits per heavy atom. The van der Waals surface area contributed by atoms with Crippen LogP contribution in [0.1, 0.15) is 34.3 Å². The molecule has 0 unspecified atom stereocenters. The second-order valence-electron chi connectivity index (χ2n) is 8.80. The third-order valence-electron chi connectivity index (χ3n) is 6.67. The molecular formula is C26H31FN4O4. The molecule has 1 aromatic heterocycles. The maximum absolute atomic E-state index is 13.7. The lowest BCUT2D eigenvalue weighted by Crippen LogP contribution is -2.63. The van der Waals surface area contributed by atoms with Gasteiger partial charge in [0.1, 0.15) is 22.9 Å². The number of aromatic amines is 1. The summed E-state index contributed by atoms with van der Waals surface area (Å²) in [4.78, 5) is 29.7. The standard InChI is InChI=1S/C26H31FN4O4/c1-16-22(34-2)12-18(13-23(16)35-3)24(32)31-26(7-10-28-11-8-26)25(33)29-9-6-17-15-30-21-5-4-19(27)14-20(17)21/h4-5,12-15,28,30H,6-11H2,1-3H3,(H,29,33)(H,31,32). The lowest BCUT2D eigenvalue weighted by molar-refractivity contribution is -0.128. The molecule has 0 saturated carbocycles. The summed E-state index contributed by atoms with van der Waals surface area (Å²) in [6.07, 6.45) is 3.28. The van der Waals surface area contributed by atoms with Crippen molar-refractivity contribution < 1.29 is 23.5 Å². The molecule has 1 saturated heterocycles. The van der Waals surface area contributed by atoms with Crippen molar-refractivity contribution in [2.24, 2.45) is 0 Å². The van der Waals surface area contributed by atoms with Gasteiger partial charge in [0, 0.05) is 34.8 Å². The van der Waals surface area contributed by atoms with Crippen LogP contribution >= 0.6 is 0 Å². The molecule has 186 valence electrons. The number of halogens is 1. The van der Waals surface area contributed by atoms with Gasteiger partial charge in [-0.3, -0.25) is 9.59 Å². The Labute approximate surface area is 203 Å². The fourth-order valence-electron chi connectivity index (χ4n) is 4.61. The highest BCUT2D eigenvalue weighted by atomic mass is 19.1. The highest BCUT2D eigenvalue weighted by Gasteiger charge is 2.41. The zero-order valence-electron chi connectivity index (χ0n) is 20.2. The van der Waals surface area contributed by atoms with E-state index in [1.807, 2.05) is 13.1 Å². The zero-order chi connectivity index (χ0) is 25.0. The summed E-state index contributed by atoms with van der Waals surface area (Å²) in [7, 11) is 3.07. The number of fused-ring (bicyclic) bond motifs is 1. The van der Waals surface area contributed by atoms with E-state index in [9.17, 15) is 14.0 Å². The number of benzene rings is 2. The number of nitrogens with one attached hydrogen (secondary N) is 4. The van der Waals surface area contributed by atoms with E-state index in [0.717, 1.165) is 22.0 Å². The molecule has 9 heteroatoms. The van der Waals surface area contributed by atoms with Crippen molar-refractivity contribution in [1.29, 1.82) is 0 Å². The van der Waals surface area contributed by atoms with Gasteiger partial charge in [-0.1, -0.05) is 0 Å². The lowest BCUT2D eigenvalue weighted by atomic mass is 9.86. The molecule has 0 spiro atoms. The molecule has 0 atom stereocenters. The van der Waals surface area contributed by atoms with Gasteiger partial charge in [-0.25, -0.2) is 4.39 Å². The van der Waals surface area contributed by atoms with Crippen LogP contribution in [0.2, 0.25) is 0 Å². The van der Waals surface area contributed by atoms with Gasteiger partial charge in [0.2, 0.25) is 5.91 Å². The fraction of sp³-hybridized carbons (Fsp3) is 0.385. The quantitative estimate of drug-likeness (QED) is 0.395. The molecule has 1 aliphatic rings. The molecule has 0 radical (unpaired) electrons. The molecule has 2 amide bonds. The summed E-state index contributed by atoms with van der Waals surface area (Å²) in [5.74, 6) is 0.167. The Balaban J connectivity index is 1.48. The Morgan fingerprint density at radius 3 is 2.43 bits per heavy atom. The van der Waals surface area contributed by atoms with Gasteiger partial charge in [0.15, 0.2) is 0 Å². The van der Waals surface area contributed by atoms with Crippen LogP contribution in [0.15, 0.2) is 36.5 Å². The first-order valence-corrected chi connectivity index (χ1v) is 11.7. The second kappa shape index (κ2) is 10.4. The predicted octanol–water partition coefficient (Wildman–Crippen LogP) is 2.84. The molecule has 0 aliphatic carbocycles. The van der Waals surface area contributed by atoms with Crippen LogP contribution in [0, 0.1) is 12.7 Å². The minimum absolute atomic E-state index is 0.232. The van der Waals surface area contributed by atoms with Crippen molar-refractivity contribution in [1.82, 2.24) is 20.9 Å². The van der Waals surface area contributed by atoms with Crippen molar-refractivity contribution in [2.45, 2.75) is 31.7 Å². The van der Waals surface area contributed by atoms with E-state index in [4.69, 9.17) is 9.47 Å². The minimum atomic E-state index is -1.04. The maximum Gasteiger partial charge on any atom is 0.252 e. The zero-order valence-corrected chi connectivity index (χ0v) is 20.2. The summed E-state index contributed by atoms with van der Waals surface area (Å²) in [5.41, 5.74) is 1.87. The molecule has 8 nitrogen and oxygen atoms in total. The Morgan fingerprint density at radius 1 is 1.09 bits per heavy atom. The number of hydrogen-bond donors (Lipinski definition) is 4. The molecule has 2 heterocycles. The third kappa shape index (κ3) is 5.09. The number of piperidine rings is 1. The predicted molar refractivity (Wildman–Crippen MR) is 132 cm³/mol. The highest BCUT2D eigenvalue weighted by Crippen LogP contribution is 2.30. The summed E-state index contributed by atoms with van der Waals surface area (Å²) >= 11 is 0. The van der Waals surface area contributed by atoms with Gasteiger partial charge in [-0.15, -0.1) is 0 Å². The third-order valence-corrected chi connectivity index (χ3v) is 6.67. The summed E-state index contributed by atoms with van der Waals surface area (Å²) in [6, 6.07) is 7.89. The molecule has 0 bridgehead atoms. The number of hydrogen-bond acceptors (Lipinski definition) is 5. The molecule has 4 N–H and O–H groups in total. The van der Waals surface area contributed by atoms with E-state index in [2.05, 4.69) is 20.9 Å². The maximum atomic E-state index is 13.7. The molecule has 1 fully saturated rings. The van der Waals surface area contributed by atoms with Crippen LogP contribution in [0.25, 0.3) is 10.9 Å². The van der Waals surface area contributed by atoms with E-state index < -0.39 is 5.54 Å². The highest BCUT2D eigenvalue weighted by molar-refractivity contribution is 6.00. The molecule has 35 heavy (non-hydrogen) atoms. The van der Waals surface area contributed by atoms with Crippen molar-refractivity contribution in [3.05, 3.63) is 59.0 Å². The number of carbonyl (C=O) groups is 2. The van der Waals surface area contributed by atoms with Gasteiger partial charge in [0.05, 0.1) is 14.2 Å². The van der Waals surface area contributed by atoms with Gasteiger partial charge in [0.25, 0.3) is 5.91 Å². The number of ether oxygens (including phenoxy) is 2. The number of aromatic nitrogens is 1. The topological polar surface area (TPSA) is 104 Å². The summed E-state index contributed by atoms with van der Waals surface area (Å²) in [5, 5.41) is 10.0. The number of H-pyrrole nitrogens is 1. The van der Waals surface area contributed by atoms with Crippen LogP contribution in [0.3, 0.4) is 0 Å². The van der Waals surface area contributed by atoms with Crippen molar-refractivity contribution >= 4 is 22.7 Å². The average molecular weight is 483 g/mol. The Bertz CT molecular complexity index is 1210. The Hall–Kier alpha value is -3.59. The minimum Gasteiger partial charge on any atom is -0.496 e. The molecule has 2 aromatic carbocycles. The van der Waals surface area contributed by atoms with E-state index in [1.165, 1.54) is 26.4 Å². The normalized spacial score (nSPS) is 15.0. The molecule has 3 aromatic rings. The van der Waals surface area contributed by atoms with Crippen molar-refractivity contribution in [3.63, 3.8) is 0 Å². The van der Waals surface area contributed by atoms with E-state index in [0.29, 0.717) is 56.0 Å². The second-order valence-corrected chi connectivity index (χ2v) is 8.80. The SMILES string of the molecule is COc1cc(C(=O)NC2(C(=O)NCCc3c[nH]c4ccc(F)cc34)CCNCC2)cc(OC)c1C. The van der Waals surface area contributed by atoms with Gasteiger partial charge in [-0.2, -0.15) is 0 Å². The van der Waals surface area contributed by atoms with Gasteiger partial charge < -0.3 is 30.4 Å². The van der Waals surface area contributed by atoms with Crippen molar-refractivity contribution in [3.8, 4) is 11.5 Å². The van der Waals surface area contributed by atoms with E-state index in [-0.39, 0.29) is 17.6 Å². The smallest absolute Gasteiger partial charge is 0.252 e. The van der Waals surface area contributed by atoms with Crippen LogP contribution in [0.5, 0.6) is 11.5 Å². The Kier molecular flexibility index (Phi) is 7.25. The molecular weight excluding hydrogens is 451 g/mol. The van der Waals surface area contributed by atoms with Crippen LogP contribution in [-0.2, 0) is 11.2 Å².